The van der Waals surface area contributed by atoms with E-state index in [0.717, 1.165) is 19.4 Å². The molecule has 5 nitrogen and oxygen atoms in total. The molecule has 110 valence electrons. The van der Waals surface area contributed by atoms with Crippen LogP contribution >= 0.6 is 11.6 Å². The van der Waals surface area contributed by atoms with Crippen molar-refractivity contribution in [3.63, 3.8) is 0 Å². The van der Waals surface area contributed by atoms with E-state index in [1.54, 1.807) is 0 Å². The molecule has 0 bridgehead atoms. The van der Waals surface area contributed by atoms with Crippen molar-refractivity contribution in [2.75, 3.05) is 13.6 Å². The van der Waals surface area contributed by atoms with Crippen LogP contribution in [0.4, 0.5) is 0 Å². The zero-order chi connectivity index (χ0) is 15.1. The van der Waals surface area contributed by atoms with Crippen LogP contribution in [0, 0.1) is 0 Å². The van der Waals surface area contributed by atoms with Crippen molar-refractivity contribution in [2.45, 2.75) is 24.8 Å². The molecule has 1 heterocycles. The summed E-state index contributed by atoms with van der Waals surface area (Å²) in [6, 6.07) is 8.59. The van der Waals surface area contributed by atoms with Crippen LogP contribution in [-0.4, -0.2) is 46.1 Å². The van der Waals surface area contributed by atoms with Crippen molar-refractivity contribution in [1.82, 2.24) is 4.90 Å². The summed E-state index contributed by atoms with van der Waals surface area (Å²) in [7, 11) is 2.09. The molecule has 0 fully saturated rings. The summed E-state index contributed by atoms with van der Waals surface area (Å²) in [4.78, 5) is 21.1. The van der Waals surface area contributed by atoms with Gasteiger partial charge in [-0.25, -0.2) is 0 Å². The highest BCUT2D eigenvalue weighted by Crippen LogP contribution is 2.20. The summed E-state index contributed by atoms with van der Waals surface area (Å²) in [5.74, 6) is -2.62. The SMILES string of the molecule is CN1CCc2ccccc2C[C@@H]1Cl.O=C(O)CC(=O)O. The third kappa shape index (κ3) is 5.59. The number of carboxylic acids is 2. The molecule has 1 aromatic carbocycles. The summed E-state index contributed by atoms with van der Waals surface area (Å²) in [6.45, 7) is 1.06. The van der Waals surface area contributed by atoms with Gasteiger partial charge >= 0.3 is 11.9 Å². The topological polar surface area (TPSA) is 77.8 Å². The van der Waals surface area contributed by atoms with Crippen LogP contribution in [0.15, 0.2) is 24.3 Å². The lowest BCUT2D eigenvalue weighted by atomic mass is 10.0. The predicted molar refractivity (Wildman–Crippen MR) is 76.0 cm³/mol. The number of hydrogen-bond donors (Lipinski definition) is 2. The van der Waals surface area contributed by atoms with Crippen LogP contribution in [0.3, 0.4) is 0 Å². The highest BCUT2D eigenvalue weighted by Gasteiger charge is 2.17. The second-order valence-corrected chi connectivity index (χ2v) is 5.11. The molecule has 0 saturated heterocycles. The van der Waals surface area contributed by atoms with Gasteiger partial charge in [-0.15, -0.1) is 11.6 Å². The number of aliphatic carboxylic acids is 2. The molecule has 0 unspecified atom stereocenters. The summed E-state index contributed by atoms with van der Waals surface area (Å²) >= 11 is 6.23. The summed E-state index contributed by atoms with van der Waals surface area (Å²) < 4.78 is 0. The Morgan fingerprint density at radius 2 is 1.80 bits per heavy atom. The molecule has 0 aliphatic carbocycles. The minimum Gasteiger partial charge on any atom is -0.481 e. The average molecular weight is 300 g/mol. The number of rotatable bonds is 2. The number of carbonyl (C=O) groups is 2. The van der Waals surface area contributed by atoms with Crippen LogP contribution < -0.4 is 0 Å². The van der Waals surface area contributed by atoms with E-state index < -0.39 is 18.4 Å². The van der Waals surface area contributed by atoms with Gasteiger partial charge in [0.1, 0.15) is 6.42 Å². The molecule has 0 aromatic heterocycles. The molecule has 20 heavy (non-hydrogen) atoms. The Morgan fingerprint density at radius 1 is 1.25 bits per heavy atom. The van der Waals surface area contributed by atoms with Gasteiger partial charge in [-0.2, -0.15) is 0 Å². The van der Waals surface area contributed by atoms with E-state index in [2.05, 4.69) is 36.2 Å². The number of carboxylic acid groups (broad SMARTS) is 2. The predicted octanol–water partition coefficient (Wildman–Crippen LogP) is 1.83. The van der Waals surface area contributed by atoms with Crippen molar-refractivity contribution in [3.05, 3.63) is 35.4 Å². The second kappa shape index (κ2) is 7.87. The van der Waals surface area contributed by atoms with E-state index in [-0.39, 0.29) is 5.50 Å². The molecule has 1 atom stereocenters. The monoisotopic (exact) mass is 299 g/mol. The zero-order valence-electron chi connectivity index (χ0n) is 11.3. The van der Waals surface area contributed by atoms with Gasteiger partial charge < -0.3 is 10.2 Å². The quantitative estimate of drug-likeness (QED) is 0.495. The number of nitrogens with zero attached hydrogens (tertiary/aromatic N) is 1. The Labute approximate surface area is 122 Å². The standard InChI is InChI=1S/C11H14ClN.C3H4O4/c1-13-7-6-9-4-2-3-5-10(9)8-11(13)12;4-2(5)1-3(6)7/h2-5,11H,6-8H2,1H3;1H2,(H,4,5)(H,6,7)/t11-;/m1./s1. The van der Waals surface area contributed by atoms with Crippen LogP contribution in [0.2, 0.25) is 0 Å². The van der Waals surface area contributed by atoms with E-state index in [1.165, 1.54) is 11.1 Å². The Morgan fingerprint density at radius 3 is 2.30 bits per heavy atom. The Hall–Kier alpha value is -1.59. The Balaban J connectivity index is 0.000000246. The molecule has 2 rings (SSSR count). The molecule has 6 heteroatoms. The Bertz CT molecular complexity index is 466. The van der Waals surface area contributed by atoms with Gasteiger partial charge in [0.25, 0.3) is 0 Å². The first-order chi connectivity index (χ1) is 9.40. The fourth-order valence-electron chi connectivity index (χ4n) is 1.90. The van der Waals surface area contributed by atoms with Gasteiger partial charge in [-0.1, -0.05) is 24.3 Å². The number of likely N-dealkylation sites (N-methyl/N-ethyl adjacent to an activating group) is 1. The summed E-state index contributed by atoms with van der Waals surface area (Å²) in [5, 5.41) is 15.4. The minimum atomic E-state index is -1.31. The first-order valence-corrected chi connectivity index (χ1v) is 6.68. The van der Waals surface area contributed by atoms with Gasteiger partial charge in [0, 0.05) is 13.0 Å². The molecule has 2 N–H and O–H groups in total. The lowest BCUT2D eigenvalue weighted by Gasteiger charge is -2.18. The number of fused-ring (bicyclic) bond motifs is 1. The van der Waals surface area contributed by atoms with Crippen molar-refractivity contribution >= 4 is 23.5 Å². The first kappa shape index (κ1) is 16.5. The highest BCUT2D eigenvalue weighted by atomic mass is 35.5. The maximum absolute atomic E-state index is 9.43. The first-order valence-electron chi connectivity index (χ1n) is 6.25. The highest BCUT2D eigenvalue weighted by molar-refractivity contribution is 6.20. The third-order valence-corrected chi connectivity index (χ3v) is 3.51. The molecule has 0 amide bonds. The fourth-order valence-corrected chi connectivity index (χ4v) is 2.17. The molecule has 1 aliphatic heterocycles. The van der Waals surface area contributed by atoms with Gasteiger partial charge in [0.15, 0.2) is 0 Å². The molecule has 0 spiro atoms. The van der Waals surface area contributed by atoms with Crippen LogP contribution in [0.5, 0.6) is 0 Å². The second-order valence-electron chi connectivity index (χ2n) is 4.60. The fraction of sp³-hybridized carbons (Fsp3) is 0.429. The van der Waals surface area contributed by atoms with Crippen LogP contribution in [-0.2, 0) is 22.4 Å². The molecule has 0 radical (unpaired) electrons. The largest absolute Gasteiger partial charge is 0.481 e. The van der Waals surface area contributed by atoms with Crippen molar-refractivity contribution in [2.24, 2.45) is 0 Å². The maximum atomic E-state index is 9.43. The Kier molecular flexibility index (Phi) is 6.48. The molecule has 1 aliphatic rings. The number of halogens is 1. The summed E-state index contributed by atoms with van der Waals surface area (Å²) in [5.41, 5.74) is 3.02. The number of alkyl halides is 1. The van der Waals surface area contributed by atoms with Gasteiger partial charge in [-0.3, -0.25) is 14.5 Å². The van der Waals surface area contributed by atoms with Crippen molar-refractivity contribution in [1.29, 1.82) is 0 Å². The lowest BCUT2D eigenvalue weighted by molar-refractivity contribution is -0.147. The van der Waals surface area contributed by atoms with E-state index in [9.17, 15) is 9.59 Å². The third-order valence-electron chi connectivity index (χ3n) is 3.02. The smallest absolute Gasteiger partial charge is 0.314 e. The molecular weight excluding hydrogens is 282 g/mol. The average Bonchev–Trinajstić information content (AvgIpc) is 2.49. The molecular formula is C14H18ClNO4. The summed E-state index contributed by atoms with van der Waals surface area (Å²) in [6.07, 6.45) is 1.28. The van der Waals surface area contributed by atoms with Crippen molar-refractivity contribution < 1.29 is 19.8 Å². The van der Waals surface area contributed by atoms with E-state index in [0.29, 0.717) is 0 Å². The maximum Gasteiger partial charge on any atom is 0.314 e. The van der Waals surface area contributed by atoms with E-state index in [4.69, 9.17) is 21.8 Å². The van der Waals surface area contributed by atoms with Crippen LogP contribution in [0.1, 0.15) is 17.5 Å². The van der Waals surface area contributed by atoms with Crippen LogP contribution in [0.25, 0.3) is 0 Å². The van der Waals surface area contributed by atoms with E-state index in [1.807, 2.05) is 0 Å². The van der Waals surface area contributed by atoms with Gasteiger partial charge in [0.2, 0.25) is 0 Å². The normalized spacial score (nSPS) is 18.2. The number of benzene rings is 1. The zero-order valence-corrected chi connectivity index (χ0v) is 12.0. The minimum absolute atomic E-state index is 0.156. The van der Waals surface area contributed by atoms with E-state index >= 15 is 0 Å². The van der Waals surface area contributed by atoms with Gasteiger partial charge in [0.05, 0.1) is 5.50 Å². The number of hydrogen-bond acceptors (Lipinski definition) is 3. The van der Waals surface area contributed by atoms with Gasteiger partial charge in [-0.05, 0) is 24.6 Å². The van der Waals surface area contributed by atoms with Crippen molar-refractivity contribution in [3.8, 4) is 0 Å². The molecule has 0 saturated carbocycles. The molecule has 1 aromatic rings. The lowest BCUT2D eigenvalue weighted by Crippen LogP contribution is -2.28.